The molecule has 0 aromatic heterocycles. The Balaban J connectivity index is 0. The summed E-state index contributed by atoms with van der Waals surface area (Å²) >= 11 is 0. The Bertz CT molecular complexity index is 172. The zero-order chi connectivity index (χ0) is 12.8. The summed E-state index contributed by atoms with van der Waals surface area (Å²) in [4.78, 5) is 16.1. The molecule has 96 valence electrons. The van der Waals surface area contributed by atoms with Gasteiger partial charge in [-0.05, 0) is 20.3 Å². The number of hydrogen-bond donors (Lipinski definition) is 0. The molecule has 0 aromatic rings. The van der Waals surface area contributed by atoms with Crippen molar-refractivity contribution in [3.8, 4) is 0 Å². The SMILES string of the molecule is C=CC.CCCCCON(C)C(=O)OCC. The second-order valence-electron chi connectivity index (χ2n) is 3.14. The summed E-state index contributed by atoms with van der Waals surface area (Å²) in [6.45, 7) is 10.1. The number of ether oxygens (including phenoxy) is 1. The fourth-order valence-electron chi connectivity index (χ4n) is 0.821. The molecule has 0 aliphatic carbocycles. The summed E-state index contributed by atoms with van der Waals surface area (Å²) in [6.07, 6.45) is 4.56. The fourth-order valence-corrected chi connectivity index (χ4v) is 0.821. The van der Waals surface area contributed by atoms with Crippen LogP contribution in [-0.2, 0) is 9.57 Å². The van der Waals surface area contributed by atoms with Crippen molar-refractivity contribution < 1.29 is 14.4 Å². The first-order valence-electron chi connectivity index (χ1n) is 5.74. The van der Waals surface area contributed by atoms with Gasteiger partial charge in [-0.1, -0.05) is 25.8 Å². The minimum Gasteiger partial charge on any atom is -0.448 e. The van der Waals surface area contributed by atoms with Crippen LogP contribution in [0.3, 0.4) is 0 Å². The van der Waals surface area contributed by atoms with Crippen LogP contribution in [0.2, 0.25) is 0 Å². The van der Waals surface area contributed by atoms with Crippen LogP contribution >= 0.6 is 0 Å². The van der Waals surface area contributed by atoms with Crippen molar-refractivity contribution in [3.63, 3.8) is 0 Å². The Labute approximate surface area is 99.2 Å². The van der Waals surface area contributed by atoms with Gasteiger partial charge < -0.3 is 4.74 Å². The summed E-state index contributed by atoms with van der Waals surface area (Å²) < 4.78 is 4.72. The van der Waals surface area contributed by atoms with Gasteiger partial charge >= 0.3 is 6.09 Å². The number of unbranched alkanes of at least 4 members (excludes halogenated alkanes) is 2. The Morgan fingerprint density at radius 3 is 2.38 bits per heavy atom. The molecule has 0 radical (unpaired) electrons. The van der Waals surface area contributed by atoms with E-state index in [1.54, 1.807) is 20.0 Å². The standard InChI is InChI=1S/C9H19NO3.C3H6/c1-4-6-7-8-13-10(3)9(11)12-5-2;1-3-2/h4-8H2,1-3H3;3H,1H2,2H3. The maximum Gasteiger partial charge on any atom is 0.433 e. The molecule has 0 N–H and O–H groups in total. The maximum absolute atomic E-state index is 11.0. The van der Waals surface area contributed by atoms with Gasteiger partial charge in [-0.2, -0.15) is 5.06 Å². The first-order valence-corrected chi connectivity index (χ1v) is 5.74. The van der Waals surface area contributed by atoms with E-state index in [4.69, 9.17) is 9.57 Å². The van der Waals surface area contributed by atoms with Crippen LogP contribution in [0.15, 0.2) is 12.7 Å². The van der Waals surface area contributed by atoms with Crippen LogP contribution in [0.25, 0.3) is 0 Å². The summed E-state index contributed by atoms with van der Waals surface area (Å²) in [6, 6.07) is 0. The van der Waals surface area contributed by atoms with E-state index in [1.165, 1.54) is 0 Å². The molecule has 0 fully saturated rings. The molecular formula is C12H25NO3. The zero-order valence-corrected chi connectivity index (χ0v) is 11.0. The molecule has 0 heterocycles. The lowest BCUT2D eigenvalue weighted by molar-refractivity contribution is -0.119. The number of amides is 1. The normalized spacial score (nSPS) is 8.75. The summed E-state index contributed by atoms with van der Waals surface area (Å²) in [5.41, 5.74) is 0. The van der Waals surface area contributed by atoms with Crippen LogP contribution in [0.5, 0.6) is 0 Å². The largest absolute Gasteiger partial charge is 0.448 e. The molecule has 0 rings (SSSR count). The quantitative estimate of drug-likeness (QED) is 0.399. The average Bonchev–Trinajstić information content (AvgIpc) is 2.25. The van der Waals surface area contributed by atoms with E-state index in [2.05, 4.69) is 13.5 Å². The molecule has 4 nitrogen and oxygen atoms in total. The molecule has 0 saturated carbocycles. The maximum atomic E-state index is 11.0. The minimum atomic E-state index is -0.431. The predicted octanol–water partition coefficient (Wildman–Crippen LogP) is 3.39. The Morgan fingerprint density at radius 1 is 1.38 bits per heavy atom. The van der Waals surface area contributed by atoms with Gasteiger partial charge in [-0.15, -0.1) is 6.58 Å². The fraction of sp³-hybridized carbons (Fsp3) is 0.750. The van der Waals surface area contributed by atoms with E-state index in [-0.39, 0.29) is 0 Å². The van der Waals surface area contributed by atoms with Crippen LogP contribution in [-0.4, -0.2) is 31.4 Å². The van der Waals surface area contributed by atoms with Gasteiger partial charge in [0.2, 0.25) is 0 Å². The van der Waals surface area contributed by atoms with Gasteiger partial charge in [0, 0.05) is 7.05 Å². The Morgan fingerprint density at radius 2 is 1.94 bits per heavy atom. The van der Waals surface area contributed by atoms with Crippen molar-refractivity contribution in [2.45, 2.75) is 40.0 Å². The average molecular weight is 231 g/mol. The number of hydrogen-bond acceptors (Lipinski definition) is 3. The molecule has 0 spiro atoms. The lowest BCUT2D eigenvalue weighted by Crippen LogP contribution is -2.28. The molecule has 0 saturated heterocycles. The van der Waals surface area contributed by atoms with Crippen molar-refractivity contribution >= 4 is 6.09 Å². The molecule has 0 aliphatic rings. The molecule has 0 unspecified atom stereocenters. The number of allylic oxidation sites excluding steroid dienone is 1. The number of rotatable bonds is 6. The van der Waals surface area contributed by atoms with Gasteiger partial charge in [0.25, 0.3) is 0 Å². The monoisotopic (exact) mass is 231 g/mol. The molecule has 0 atom stereocenters. The summed E-state index contributed by atoms with van der Waals surface area (Å²) in [7, 11) is 1.56. The van der Waals surface area contributed by atoms with Crippen molar-refractivity contribution in [2.75, 3.05) is 20.3 Å². The number of hydroxylamine groups is 2. The van der Waals surface area contributed by atoms with Crippen LogP contribution < -0.4 is 0 Å². The van der Waals surface area contributed by atoms with Crippen LogP contribution in [0.1, 0.15) is 40.0 Å². The first kappa shape index (κ1) is 17.4. The lowest BCUT2D eigenvalue weighted by Gasteiger charge is -2.15. The third kappa shape index (κ3) is 13.0. The third-order valence-electron chi connectivity index (χ3n) is 1.56. The highest BCUT2D eigenvalue weighted by Crippen LogP contribution is 1.97. The molecular weight excluding hydrogens is 206 g/mol. The number of carbonyl (C=O) groups excluding carboxylic acids is 1. The van der Waals surface area contributed by atoms with Gasteiger partial charge in [0.05, 0.1) is 13.2 Å². The van der Waals surface area contributed by atoms with Crippen molar-refractivity contribution in [2.24, 2.45) is 0 Å². The molecule has 16 heavy (non-hydrogen) atoms. The number of nitrogens with zero attached hydrogens (tertiary/aromatic N) is 1. The van der Waals surface area contributed by atoms with E-state index in [0.29, 0.717) is 13.2 Å². The van der Waals surface area contributed by atoms with Crippen LogP contribution in [0.4, 0.5) is 4.79 Å². The highest BCUT2D eigenvalue weighted by Gasteiger charge is 2.08. The second-order valence-corrected chi connectivity index (χ2v) is 3.14. The van der Waals surface area contributed by atoms with E-state index in [0.717, 1.165) is 24.3 Å². The van der Waals surface area contributed by atoms with Crippen LogP contribution in [0, 0.1) is 0 Å². The molecule has 1 amide bonds. The van der Waals surface area contributed by atoms with Gasteiger partial charge in [-0.3, -0.25) is 4.84 Å². The van der Waals surface area contributed by atoms with E-state index >= 15 is 0 Å². The Kier molecular flexibility index (Phi) is 15.2. The van der Waals surface area contributed by atoms with E-state index in [9.17, 15) is 4.79 Å². The smallest absolute Gasteiger partial charge is 0.433 e. The summed E-state index contributed by atoms with van der Waals surface area (Å²) in [5.74, 6) is 0. The van der Waals surface area contributed by atoms with Crippen molar-refractivity contribution in [1.82, 2.24) is 5.06 Å². The molecule has 0 bridgehead atoms. The highest BCUT2D eigenvalue weighted by molar-refractivity contribution is 5.65. The lowest BCUT2D eigenvalue weighted by atomic mass is 10.3. The molecule has 0 aliphatic heterocycles. The Hall–Kier alpha value is -1.03. The zero-order valence-electron chi connectivity index (χ0n) is 11.0. The van der Waals surface area contributed by atoms with Gasteiger partial charge in [-0.25, -0.2) is 4.79 Å². The predicted molar refractivity (Wildman–Crippen MR) is 66.1 cm³/mol. The summed E-state index contributed by atoms with van der Waals surface area (Å²) in [5, 5.41) is 1.14. The second kappa shape index (κ2) is 14.0. The molecule has 0 aromatic carbocycles. The van der Waals surface area contributed by atoms with Gasteiger partial charge in [0.1, 0.15) is 0 Å². The van der Waals surface area contributed by atoms with E-state index < -0.39 is 6.09 Å². The van der Waals surface area contributed by atoms with Crippen molar-refractivity contribution in [3.05, 3.63) is 12.7 Å². The third-order valence-corrected chi connectivity index (χ3v) is 1.56. The highest BCUT2D eigenvalue weighted by atomic mass is 16.7. The topological polar surface area (TPSA) is 38.8 Å². The van der Waals surface area contributed by atoms with Gasteiger partial charge in [0.15, 0.2) is 0 Å². The minimum absolute atomic E-state index is 0.376. The van der Waals surface area contributed by atoms with Crippen molar-refractivity contribution in [1.29, 1.82) is 0 Å². The van der Waals surface area contributed by atoms with E-state index in [1.807, 2.05) is 6.92 Å². The molecule has 4 heteroatoms. The first-order chi connectivity index (χ1) is 7.63. The number of carbonyl (C=O) groups is 1.